The van der Waals surface area contributed by atoms with E-state index in [9.17, 15) is 18.8 Å². The number of anilines is 1. The van der Waals surface area contributed by atoms with Gasteiger partial charge in [0.25, 0.3) is 5.91 Å². The van der Waals surface area contributed by atoms with Gasteiger partial charge in [0.1, 0.15) is 11.9 Å². The topological polar surface area (TPSA) is 85.8 Å². The Morgan fingerprint density at radius 3 is 2.72 bits per heavy atom. The molecule has 0 spiro atoms. The second-order valence-corrected chi connectivity index (χ2v) is 10.2. The van der Waals surface area contributed by atoms with Crippen LogP contribution in [0.1, 0.15) is 54.6 Å². The second kappa shape index (κ2) is 8.81. The van der Waals surface area contributed by atoms with E-state index in [0.29, 0.717) is 32.0 Å². The zero-order chi connectivity index (χ0) is 25.0. The smallest absolute Gasteiger partial charge is 0.338 e. The molecule has 6 rings (SSSR count). The van der Waals surface area contributed by atoms with E-state index in [-0.39, 0.29) is 30.2 Å². The molecular formula is C27H23FN2O5S. The van der Waals surface area contributed by atoms with Crippen LogP contribution in [-0.2, 0) is 19.1 Å². The number of carbonyl (C=O) groups is 3. The minimum atomic E-state index is -0.770. The van der Waals surface area contributed by atoms with Gasteiger partial charge in [0.2, 0.25) is 0 Å². The highest BCUT2D eigenvalue weighted by Crippen LogP contribution is 2.49. The third-order valence-electron chi connectivity index (χ3n) is 7.04. The summed E-state index contributed by atoms with van der Waals surface area (Å²) in [6, 6.07) is 10.1. The second-order valence-electron chi connectivity index (χ2n) is 9.18. The fraction of sp³-hybridized carbons (Fsp3) is 0.333. The van der Waals surface area contributed by atoms with Crippen LogP contribution in [0, 0.1) is 11.7 Å². The van der Waals surface area contributed by atoms with E-state index >= 15 is 0 Å². The number of thiazole rings is 1. The van der Waals surface area contributed by atoms with Crippen molar-refractivity contribution in [2.75, 3.05) is 11.5 Å². The van der Waals surface area contributed by atoms with Gasteiger partial charge < -0.3 is 9.47 Å². The predicted octanol–water partition coefficient (Wildman–Crippen LogP) is 5.11. The van der Waals surface area contributed by atoms with Gasteiger partial charge in [-0.3, -0.25) is 14.5 Å². The average Bonchev–Trinajstić information content (AvgIpc) is 3.43. The van der Waals surface area contributed by atoms with Gasteiger partial charge in [-0.25, -0.2) is 14.2 Å². The number of benzene rings is 2. The highest BCUT2D eigenvalue weighted by molar-refractivity contribution is 7.22. The summed E-state index contributed by atoms with van der Waals surface area (Å²) in [7, 11) is 0. The first-order valence-electron chi connectivity index (χ1n) is 12.1. The Morgan fingerprint density at radius 1 is 1.17 bits per heavy atom. The Balaban J connectivity index is 1.46. The van der Waals surface area contributed by atoms with E-state index < -0.39 is 23.7 Å². The molecule has 1 amide bonds. The molecule has 0 saturated heterocycles. The van der Waals surface area contributed by atoms with E-state index in [1.165, 1.54) is 28.4 Å². The van der Waals surface area contributed by atoms with Gasteiger partial charge in [-0.1, -0.05) is 29.9 Å². The quantitative estimate of drug-likeness (QED) is 0.457. The Morgan fingerprint density at radius 2 is 1.94 bits per heavy atom. The van der Waals surface area contributed by atoms with Crippen LogP contribution < -0.4 is 4.90 Å². The molecule has 36 heavy (non-hydrogen) atoms. The van der Waals surface area contributed by atoms with E-state index in [4.69, 9.17) is 9.47 Å². The van der Waals surface area contributed by atoms with Crippen molar-refractivity contribution in [1.29, 1.82) is 0 Å². The molecule has 3 aromatic rings. The molecule has 7 nitrogen and oxygen atoms in total. The van der Waals surface area contributed by atoms with Crippen molar-refractivity contribution in [2.24, 2.45) is 5.92 Å². The summed E-state index contributed by atoms with van der Waals surface area (Å²) in [5.74, 6) is -1.55. The van der Waals surface area contributed by atoms with Crippen LogP contribution >= 0.6 is 11.3 Å². The molecule has 1 aliphatic carbocycles. The molecule has 3 aliphatic rings. The number of esters is 1. The van der Waals surface area contributed by atoms with Crippen LogP contribution in [0.2, 0.25) is 0 Å². The summed E-state index contributed by atoms with van der Waals surface area (Å²) in [5.41, 5.74) is 1.93. The van der Waals surface area contributed by atoms with Crippen LogP contribution in [0.25, 0.3) is 10.2 Å². The molecule has 0 bridgehead atoms. The Kier molecular flexibility index (Phi) is 5.59. The fourth-order valence-electron chi connectivity index (χ4n) is 5.36. The molecule has 1 aromatic heterocycles. The van der Waals surface area contributed by atoms with Crippen LogP contribution in [0.4, 0.5) is 9.52 Å². The molecule has 1 saturated carbocycles. The lowest BCUT2D eigenvalue weighted by Crippen LogP contribution is -2.39. The number of ether oxygens (including phenoxy) is 2. The first kappa shape index (κ1) is 22.8. The molecule has 0 N–H and O–H groups in total. The van der Waals surface area contributed by atoms with Crippen molar-refractivity contribution in [3.8, 4) is 0 Å². The summed E-state index contributed by atoms with van der Waals surface area (Å²) in [4.78, 5) is 45.8. The lowest BCUT2D eigenvalue weighted by molar-refractivity contribution is -0.131. The maximum atomic E-state index is 13.8. The summed E-state index contributed by atoms with van der Waals surface area (Å²) in [6.45, 7) is 2.00. The van der Waals surface area contributed by atoms with Gasteiger partial charge in [0.05, 0.1) is 39.9 Å². The first-order chi connectivity index (χ1) is 17.5. The van der Waals surface area contributed by atoms with Gasteiger partial charge >= 0.3 is 5.97 Å². The fourth-order valence-corrected chi connectivity index (χ4v) is 6.39. The SMILES string of the molecule is CCOC(=O)c1ccc2nc(N3C(=O)C4=C(C(=O)C5CCCCC5O4)C3c3ccc(F)cc3)sc2c1. The van der Waals surface area contributed by atoms with Gasteiger partial charge in [-0.2, -0.15) is 0 Å². The number of amides is 1. The lowest BCUT2D eigenvalue weighted by atomic mass is 9.77. The number of halogens is 1. The molecule has 9 heteroatoms. The summed E-state index contributed by atoms with van der Waals surface area (Å²) in [5, 5.41) is 0.374. The van der Waals surface area contributed by atoms with Crippen molar-refractivity contribution in [3.63, 3.8) is 0 Å². The average molecular weight is 507 g/mol. The minimum Gasteiger partial charge on any atom is -0.483 e. The van der Waals surface area contributed by atoms with Crippen LogP contribution in [-0.4, -0.2) is 35.4 Å². The predicted molar refractivity (Wildman–Crippen MR) is 131 cm³/mol. The molecule has 3 unspecified atom stereocenters. The monoisotopic (exact) mass is 506 g/mol. The normalized spacial score (nSPS) is 23.5. The summed E-state index contributed by atoms with van der Waals surface area (Å²) < 4.78 is 25.7. The van der Waals surface area contributed by atoms with Gasteiger partial charge in [0, 0.05) is 0 Å². The highest BCUT2D eigenvalue weighted by Gasteiger charge is 2.53. The van der Waals surface area contributed by atoms with E-state index in [2.05, 4.69) is 4.98 Å². The third-order valence-corrected chi connectivity index (χ3v) is 8.06. The van der Waals surface area contributed by atoms with Crippen LogP contribution in [0.5, 0.6) is 0 Å². The lowest BCUT2D eigenvalue weighted by Gasteiger charge is -2.35. The molecule has 2 aliphatic heterocycles. The number of rotatable bonds is 4. The van der Waals surface area contributed by atoms with Gasteiger partial charge in [-0.15, -0.1) is 0 Å². The number of hydrogen-bond donors (Lipinski definition) is 0. The van der Waals surface area contributed by atoms with E-state index in [0.717, 1.165) is 25.7 Å². The number of ketones is 1. The van der Waals surface area contributed by atoms with E-state index in [1.54, 1.807) is 37.3 Å². The number of aromatic nitrogens is 1. The Hall–Kier alpha value is -3.59. The standard InChI is InChI=1S/C27H23FN2O5S/c1-2-34-26(33)15-9-12-18-20(13-15)36-27(29-18)30-22(14-7-10-16(28)11-8-14)21-23(31)17-5-3-4-6-19(17)35-24(21)25(30)32/h7-13,17,19,22H,2-6H2,1H3. The van der Waals surface area contributed by atoms with E-state index in [1.807, 2.05) is 0 Å². The zero-order valence-electron chi connectivity index (χ0n) is 19.5. The summed E-state index contributed by atoms with van der Waals surface area (Å²) >= 11 is 1.24. The number of carbonyl (C=O) groups excluding carboxylic acids is 3. The minimum absolute atomic E-state index is 0.0724. The Bertz CT molecular complexity index is 1430. The molecule has 0 radical (unpaired) electrons. The maximum Gasteiger partial charge on any atom is 0.338 e. The largest absolute Gasteiger partial charge is 0.483 e. The van der Waals surface area contributed by atoms with Crippen molar-refractivity contribution in [3.05, 3.63) is 70.7 Å². The third kappa shape index (κ3) is 3.61. The zero-order valence-corrected chi connectivity index (χ0v) is 20.3. The van der Waals surface area contributed by atoms with Gasteiger partial charge in [0.15, 0.2) is 16.7 Å². The van der Waals surface area contributed by atoms with Crippen LogP contribution in [0.15, 0.2) is 53.8 Å². The van der Waals surface area contributed by atoms with Crippen molar-refractivity contribution in [1.82, 2.24) is 4.98 Å². The van der Waals surface area contributed by atoms with Crippen LogP contribution in [0.3, 0.4) is 0 Å². The molecule has 3 heterocycles. The van der Waals surface area contributed by atoms with Crippen molar-refractivity contribution < 1.29 is 28.2 Å². The van der Waals surface area contributed by atoms with Gasteiger partial charge in [-0.05, 0) is 62.1 Å². The Labute approximate surface area is 210 Å². The first-order valence-corrected chi connectivity index (χ1v) is 12.9. The molecule has 2 aromatic carbocycles. The number of nitrogens with zero attached hydrogens (tertiary/aromatic N) is 2. The molecule has 184 valence electrons. The summed E-state index contributed by atoms with van der Waals surface area (Å²) in [6.07, 6.45) is 3.06. The number of Topliss-reactive ketones (excluding diaryl/α,β-unsaturated/α-hetero) is 1. The number of fused-ring (bicyclic) bond motifs is 2. The molecular weight excluding hydrogens is 483 g/mol. The maximum absolute atomic E-state index is 13.8. The van der Waals surface area contributed by atoms with Crippen molar-refractivity contribution >= 4 is 44.3 Å². The molecule has 1 fully saturated rings. The highest BCUT2D eigenvalue weighted by atomic mass is 32.1. The van der Waals surface area contributed by atoms with Crippen molar-refractivity contribution in [2.45, 2.75) is 44.8 Å². The number of hydrogen-bond acceptors (Lipinski definition) is 7. The molecule has 3 atom stereocenters.